The first-order valence-corrected chi connectivity index (χ1v) is 4.57. The Balaban J connectivity index is 3.56. The molecule has 0 spiro atoms. The summed E-state index contributed by atoms with van der Waals surface area (Å²) in [6.45, 7) is 4.26. The summed E-state index contributed by atoms with van der Waals surface area (Å²) in [5, 5.41) is 3.12. The van der Waals surface area contributed by atoms with Gasteiger partial charge in [0, 0.05) is 6.54 Å². The van der Waals surface area contributed by atoms with E-state index in [0.29, 0.717) is 6.04 Å². The minimum absolute atomic E-state index is 0.307. The van der Waals surface area contributed by atoms with Crippen LogP contribution in [0.3, 0.4) is 0 Å². The molecule has 70 valence electrons. The van der Waals surface area contributed by atoms with Crippen LogP contribution >= 0.6 is 0 Å². The molecule has 1 N–H and O–H groups in total. The Kier molecular flexibility index (Phi) is 6.84. The van der Waals surface area contributed by atoms with Gasteiger partial charge in [0.05, 0.1) is 6.04 Å². The van der Waals surface area contributed by atoms with Crippen molar-refractivity contribution >= 4 is 0 Å². The standard InChI is InChI=1S/C10H20N2/c1-5-10(6-2)12(4)9-7-8-11-3/h1,10-11H,6-9H2,2-4H3. The van der Waals surface area contributed by atoms with E-state index >= 15 is 0 Å². The number of rotatable bonds is 6. The molecule has 0 aromatic carbocycles. The molecule has 0 fully saturated rings. The van der Waals surface area contributed by atoms with Crippen molar-refractivity contribution < 1.29 is 0 Å². The molecule has 12 heavy (non-hydrogen) atoms. The lowest BCUT2D eigenvalue weighted by Gasteiger charge is -2.22. The van der Waals surface area contributed by atoms with Crippen LogP contribution in [0.2, 0.25) is 0 Å². The molecule has 0 amide bonds. The van der Waals surface area contributed by atoms with Crippen LogP contribution in [0.1, 0.15) is 19.8 Å². The molecule has 2 nitrogen and oxygen atoms in total. The summed E-state index contributed by atoms with van der Waals surface area (Å²) in [6.07, 6.45) is 7.57. The molecule has 1 atom stereocenters. The molecule has 0 aromatic rings. The highest BCUT2D eigenvalue weighted by Crippen LogP contribution is 1.99. The SMILES string of the molecule is C#CC(CC)N(C)CCCNC. The lowest BCUT2D eigenvalue weighted by molar-refractivity contribution is 0.280. The minimum atomic E-state index is 0.307. The second-order valence-electron chi connectivity index (χ2n) is 3.03. The van der Waals surface area contributed by atoms with Crippen LogP contribution in [-0.4, -0.2) is 38.1 Å². The topological polar surface area (TPSA) is 15.3 Å². The molecular weight excluding hydrogens is 148 g/mol. The number of nitrogens with zero attached hydrogens (tertiary/aromatic N) is 1. The first-order valence-electron chi connectivity index (χ1n) is 4.57. The first kappa shape index (κ1) is 11.5. The number of terminal acetylenes is 1. The fourth-order valence-corrected chi connectivity index (χ4v) is 1.22. The zero-order valence-electron chi connectivity index (χ0n) is 8.43. The Labute approximate surface area is 76.3 Å². The van der Waals surface area contributed by atoms with E-state index in [1.54, 1.807) is 0 Å². The van der Waals surface area contributed by atoms with E-state index < -0.39 is 0 Å². The minimum Gasteiger partial charge on any atom is -0.320 e. The van der Waals surface area contributed by atoms with Crippen LogP contribution < -0.4 is 5.32 Å². The van der Waals surface area contributed by atoms with E-state index in [0.717, 1.165) is 25.9 Å². The maximum Gasteiger partial charge on any atom is 0.0706 e. The van der Waals surface area contributed by atoms with Gasteiger partial charge < -0.3 is 5.32 Å². The highest BCUT2D eigenvalue weighted by atomic mass is 15.1. The van der Waals surface area contributed by atoms with Gasteiger partial charge in [-0.3, -0.25) is 4.90 Å². The normalized spacial score (nSPS) is 12.9. The van der Waals surface area contributed by atoms with Gasteiger partial charge in [-0.05, 0) is 33.5 Å². The lowest BCUT2D eigenvalue weighted by Crippen LogP contribution is -2.31. The van der Waals surface area contributed by atoms with Crippen molar-refractivity contribution in [2.24, 2.45) is 0 Å². The van der Waals surface area contributed by atoms with Crippen LogP contribution in [0, 0.1) is 12.3 Å². The van der Waals surface area contributed by atoms with Crippen molar-refractivity contribution in [2.75, 3.05) is 27.2 Å². The Hall–Kier alpha value is -0.520. The first-order chi connectivity index (χ1) is 5.76. The second kappa shape index (κ2) is 7.15. The third-order valence-corrected chi connectivity index (χ3v) is 2.05. The maximum absolute atomic E-state index is 5.38. The lowest BCUT2D eigenvalue weighted by atomic mass is 10.2. The highest BCUT2D eigenvalue weighted by Gasteiger charge is 2.07. The van der Waals surface area contributed by atoms with E-state index in [1.807, 2.05) is 7.05 Å². The Bertz CT molecular complexity index is 137. The molecule has 0 aliphatic carbocycles. The Morgan fingerprint density at radius 1 is 1.58 bits per heavy atom. The maximum atomic E-state index is 5.38. The zero-order chi connectivity index (χ0) is 9.40. The van der Waals surface area contributed by atoms with E-state index in [9.17, 15) is 0 Å². The quantitative estimate of drug-likeness (QED) is 0.469. The molecule has 0 saturated heterocycles. The smallest absolute Gasteiger partial charge is 0.0706 e. The molecule has 0 rings (SSSR count). The molecule has 0 heterocycles. The summed E-state index contributed by atoms with van der Waals surface area (Å²) >= 11 is 0. The van der Waals surface area contributed by atoms with Gasteiger partial charge in [-0.2, -0.15) is 0 Å². The van der Waals surface area contributed by atoms with Gasteiger partial charge in [-0.15, -0.1) is 6.42 Å². The van der Waals surface area contributed by atoms with Gasteiger partial charge in [-0.1, -0.05) is 12.8 Å². The summed E-state index contributed by atoms with van der Waals surface area (Å²) in [4.78, 5) is 2.23. The second-order valence-corrected chi connectivity index (χ2v) is 3.03. The summed E-state index contributed by atoms with van der Waals surface area (Å²) in [5.74, 6) is 2.78. The van der Waals surface area contributed by atoms with Crippen molar-refractivity contribution in [2.45, 2.75) is 25.8 Å². The third-order valence-electron chi connectivity index (χ3n) is 2.05. The van der Waals surface area contributed by atoms with Crippen molar-refractivity contribution in [1.29, 1.82) is 0 Å². The molecule has 0 radical (unpaired) electrons. The van der Waals surface area contributed by atoms with Crippen LogP contribution in [-0.2, 0) is 0 Å². The summed E-state index contributed by atoms with van der Waals surface area (Å²) in [5.41, 5.74) is 0. The molecule has 0 saturated carbocycles. The van der Waals surface area contributed by atoms with E-state index in [2.05, 4.69) is 30.1 Å². The Morgan fingerprint density at radius 2 is 2.25 bits per heavy atom. The fraction of sp³-hybridized carbons (Fsp3) is 0.800. The molecule has 0 aliphatic rings. The van der Waals surface area contributed by atoms with Gasteiger partial charge in [0.2, 0.25) is 0 Å². The van der Waals surface area contributed by atoms with Crippen molar-refractivity contribution in [1.82, 2.24) is 10.2 Å². The Morgan fingerprint density at radius 3 is 2.67 bits per heavy atom. The van der Waals surface area contributed by atoms with Crippen LogP contribution in [0.15, 0.2) is 0 Å². The molecule has 0 bridgehead atoms. The predicted molar refractivity (Wildman–Crippen MR) is 54.1 cm³/mol. The number of nitrogens with one attached hydrogen (secondary N) is 1. The average Bonchev–Trinajstić information content (AvgIpc) is 2.07. The summed E-state index contributed by atoms with van der Waals surface area (Å²) in [6, 6.07) is 0.307. The van der Waals surface area contributed by atoms with Crippen LogP contribution in [0.25, 0.3) is 0 Å². The molecular formula is C10H20N2. The van der Waals surface area contributed by atoms with Crippen LogP contribution in [0.5, 0.6) is 0 Å². The number of hydrogen-bond acceptors (Lipinski definition) is 2. The number of hydrogen-bond donors (Lipinski definition) is 1. The van der Waals surface area contributed by atoms with Crippen molar-refractivity contribution in [3.8, 4) is 12.3 Å². The summed E-state index contributed by atoms with van der Waals surface area (Å²) < 4.78 is 0. The van der Waals surface area contributed by atoms with Crippen molar-refractivity contribution in [3.63, 3.8) is 0 Å². The van der Waals surface area contributed by atoms with Gasteiger partial charge >= 0.3 is 0 Å². The van der Waals surface area contributed by atoms with Gasteiger partial charge in [0.15, 0.2) is 0 Å². The molecule has 2 heteroatoms. The highest BCUT2D eigenvalue weighted by molar-refractivity contribution is 4.98. The van der Waals surface area contributed by atoms with Crippen LogP contribution in [0.4, 0.5) is 0 Å². The predicted octanol–water partition coefficient (Wildman–Crippen LogP) is 0.940. The van der Waals surface area contributed by atoms with E-state index in [1.165, 1.54) is 0 Å². The van der Waals surface area contributed by atoms with Crippen molar-refractivity contribution in [3.05, 3.63) is 0 Å². The van der Waals surface area contributed by atoms with Gasteiger partial charge in [0.1, 0.15) is 0 Å². The van der Waals surface area contributed by atoms with E-state index in [4.69, 9.17) is 6.42 Å². The fourth-order valence-electron chi connectivity index (χ4n) is 1.22. The largest absolute Gasteiger partial charge is 0.320 e. The zero-order valence-corrected chi connectivity index (χ0v) is 8.43. The third kappa shape index (κ3) is 4.38. The van der Waals surface area contributed by atoms with Gasteiger partial charge in [-0.25, -0.2) is 0 Å². The molecule has 0 aliphatic heterocycles. The monoisotopic (exact) mass is 168 g/mol. The summed E-state index contributed by atoms with van der Waals surface area (Å²) in [7, 11) is 4.06. The molecule has 0 aromatic heterocycles. The van der Waals surface area contributed by atoms with Gasteiger partial charge in [0.25, 0.3) is 0 Å². The molecule has 1 unspecified atom stereocenters. The van der Waals surface area contributed by atoms with E-state index in [-0.39, 0.29) is 0 Å². The average molecular weight is 168 g/mol.